The zero-order valence-corrected chi connectivity index (χ0v) is 17.3. The molecular weight excluding hydrogens is 374 g/mol. The van der Waals surface area contributed by atoms with Gasteiger partial charge in [0.15, 0.2) is 11.9 Å². The van der Waals surface area contributed by atoms with Crippen LogP contribution in [0.2, 0.25) is 0 Å². The summed E-state index contributed by atoms with van der Waals surface area (Å²) in [4.78, 5) is 21.1. The number of aryl methyl sites for hydroxylation is 2. The molecule has 7 nitrogen and oxygen atoms in total. The largest absolute Gasteiger partial charge is 0.492 e. The second-order valence-electron chi connectivity index (χ2n) is 7.37. The Morgan fingerprint density at radius 3 is 2.54 bits per heavy atom. The lowest BCUT2D eigenvalue weighted by molar-refractivity contribution is -0.929. The van der Waals surface area contributed by atoms with Crippen molar-refractivity contribution in [3.8, 4) is 5.88 Å². The summed E-state index contributed by atoms with van der Waals surface area (Å²) in [6.45, 7) is 8.84. The number of carbonyl (C=O) groups excluding carboxylic acids is 1. The minimum atomic E-state index is -0.00622. The number of hydrogen-bond acceptors (Lipinski definition) is 5. The number of fused-ring (bicyclic) bond motifs is 1. The molecule has 2 N–H and O–H groups in total. The number of piperazine rings is 1. The van der Waals surface area contributed by atoms with Crippen LogP contribution in [0.25, 0.3) is 4.96 Å². The number of amides is 1. The molecule has 8 heteroatoms. The maximum Gasteiger partial charge on any atom is 0.235 e. The zero-order chi connectivity index (χ0) is 19.8. The molecule has 0 spiro atoms. The standard InChI is InChI=1S/C20H25N5O2S/c1-4-16-21-20-25(22-16)19(27)18(28-20)17(15-7-5-13(2)6-8-15)24-11-9-23(10-12-24)14(3)26/h5-8,17,27H,4,9-12H2,1-3H3/p+1/t17-/m1/s1. The molecule has 1 aromatic carbocycles. The van der Waals surface area contributed by atoms with Crippen LogP contribution < -0.4 is 4.90 Å². The Labute approximate surface area is 168 Å². The SMILES string of the molecule is CCc1nc2sc([C@@H](c3ccc(C)cc3)[NH+]3CCN(C(C)=O)CC3)c(O)n2n1. The van der Waals surface area contributed by atoms with Gasteiger partial charge in [-0.3, -0.25) is 4.79 Å². The third kappa shape index (κ3) is 3.38. The Kier molecular flexibility index (Phi) is 5.07. The third-order valence-corrected chi connectivity index (χ3v) is 6.58. The maximum absolute atomic E-state index is 11.7. The fourth-order valence-corrected chi connectivity index (χ4v) is 5.02. The first-order chi connectivity index (χ1) is 13.5. The minimum Gasteiger partial charge on any atom is -0.492 e. The molecule has 1 amide bonds. The monoisotopic (exact) mass is 400 g/mol. The van der Waals surface area contributed by atoms with E-state index >= 15 is 0 Å². The van der Waals surface area contributed by atoms with E-state index in [9.17, 15) is 9.90 Å². The fourth-order valence-electron chi connectivity index (χ4n) is 3.86. The Balaban J connectivity index is 1.73. The van der Waals surface area contributed by atoms with Gasteiger partial charge in [-0.2, -0.15) is 4.52 Å². The number of benzene rings is 1. The van der Waals surface area contributed by atoms with Crippen molar-refractivity contribution in [2.75, 3.05) is 26.2 Å². The van der Waals surface area contributed by atoms with Crippen molar-refractivity contribution in [3.63, 3.8) is 0 Å². The van der Waals surface area contributed by atoms with Crippen LogP contribution in [0.15, 0.2) is 24.3 Å². The van der Waals surface area contributed by atoms with Crippen LogP contribution >= 0.6 is 11.3 Å². The van der Waals surface area contributed by atoms with Crippen LogP contribution in [0, 0.1) is 6.92 Å². The quantitative estimate of drug-likeness (QED) is 0.690. The highest BCUT2D eigenvalue weighted by Gasteiger charge is 2.35. The van der Waals surface area contributed by atoms with Gasteiger partial charge in [-0.15, -0.1) is 5.10 Å². The van der Waals surface area contributed by atoms with Crippen molar-refractivity contribution in [3.05, 3.63) is 46.1 Å². The number of thiazole rings is 1. The smallest absolute Gasteiger partial charge is 0.235 e. The van der Waals surface area contributed by atoms with E-state index in [0.717, 1.165) is 53.8 Å². The average molecular weight is 401 g/mol. The van der Waals surface area contributed by atoms with Crippen LogP contribution in [0.5, 0.6) is 5.88 Å². The summed E-state index contributed by atoms with van der Waals surface area (Å²) in [5.74, 6) is 1.04. The van der Waals surface area contributed by atoms with E-state index < -0.39 is 0 Å². The molecule has 1 aliphatic heterocycles. The van der Waals surface area contributed by atoms with Crippen LogP contribution in [0.3, 0.4) is 0 Å². The summed E-state index contributed by atoms with van der Waals surface area (Å²) in [5, 5.41) is 15.4. The van der Waals surface area contributed by atoms with Gasteiger partial charge in [0.05, 0.1) is 26.2 Å². The van der Waals surface area contributed by atoms with Gasteiger partial charge in [0.25, 0.3) is 0 Å². The molecule has 0 bridgehead atoms. The first-order valence-corrected chi connectivity index (χ1v) is 10.5. The Bertz CT molecular complexity index is 986. The van der Waals surface area contributed by atoms with Gasteiger partial charge >= 0.3 is 0 Å². The van der Waals surface area contributed by atoms with Crippen molar-refractivity contribution >= 4 is 22.2 Å². The number of aromatic nitrogens is 3. The van der Waals surface area contributed by atoms with Crippen molar-refractivity contribution in [2.45, 2.75) is 33.2 Å². The van der Waals surface area contributed by atoms with Gasteiger partial charge in [0, 0.05) is 18.9 Å². The maximum atomic E-state index is 11.7. The van der Waals surface area contributed by atoms with Crippen LogP contribution in [0.4, 0.5) is 0 Å². The molecule has 1 fully saturated rings. The predicted molar refractivity (Wildman–Crippen MR) is 108 cm³/mol. The van der Waals surface area contributed by atoms with Gasteiger partial charge in [-0.1, -0.05) is 48.1 Å². The molecule has 0 unspecified atom stereocenters. The summed E-state index contributed by atoms with van der Waals surface area (Å²) in [5.41, 5.74) is 2.37. The van der Waals surface area contributed by atoms with Crippen molar-refractivity contribution in [1.82, 2.24) is 19.5 Å². The molecule has 1 atom stereocenters. The molecule has 1 saturated heterocycles. The summed E-state index contributed by atoms with van der Waals surface area (Å²) in [6, 6.07) is 8.48. The van der Waals surface area contributed by atoms with Gasteiger partial charge < -0.3 is 14.9 Å². The second-order valence-corrected chi connectivity index (χ2v) is 8.38. The van der Waals surface area contributed by atoms with Crippen molar-refractivity contribution < 1.29 is 14.8 Å². The van der Waals surface area contributed by atoms with Crippen LogP contribution in [-0.2, 0) is 11.2 Å². The van der Waals surface area contributed by atoms with E-state index in [2.05, 4.69) is 41.3 Å². The molecule has 3 aromatic rings. The number of hydrogen-bond donors (Lipinski definition) is 2. The average Bonchev–Trinajstić information content (AvgIpc) is 3.23. The van der Waals surface area contributed by atoms with E-state index in [-0.39, 0.29) is 17.8 Å². The van der Waals surface area contributed by atoms with Crippen LogP contribution in [0.1, 0.15) is 41.7 Å². The normalized spacial score (nSPS) is 16.6. The number of rotatable bonds is 4. The predicted octanol–water partition coefficient (Wildman–Crippen LogP) is 1.20. The Hall–Kier alpha value is -2.45. The first-order valence-electron chi connectivity index (χ1n) is 9.72. The third-order valence-electron chi connectivity index (χ3n) is 5.49. The van der Waals surface area contributed by atoms with Gasteiger partial charge in [-0.05, 0) is 6.92 Å². The Morgan fingerprint density at radius 2 is 1.96 bits per heavy atom. The number of quaternary nitrogens is 1. The molecule has 2 aromatic heterocycles. The molecule has 4 rings (SSSR count). The molecule has 1 aliphatic rings. The molecular formula is C20H26N5O2S+. The van der Waals surface area contributed by atoms with Gasteiger partial charge in [0.2, 0.25) is 16.7 Å². The second kappa shape index (κ2) is 7.52. The molecule has 0 aliphatic carbocycles. The summed E-state index contributed by atoms with van der Waals surface area (Å²) < 4.78 is 1.56. The number of aromatic hydroxyl groups is 1. The summed E-state index contributed by atoms with van der Waals surface area (Å²) >= 11 is 1.51. The molecule has 28 heavy (non-hydrogen) atoms. The molecule has 0 radical (unpaired) electrons. The lowest BCUT2D eigenvalue weighted by Gasteiger charge is -2.36. The number of carbonyl (C=O) groups is 1. The molecule has 3 heterocycles. The van der Waals surface area contributed by atoms with E-state index in [4.69, 9.17) is 0 Å². The number of nitrogens with zero attached hydrogens (tertiary/aromatic N) is 4. The summed E-state index contributed by atoms with van der Waals surface area (Å²) in [7, 11) is 0. The highest BCUT2D eigenvalue weighted by Crippen LogP contribution is 2.35. The first kappa shape index (κ1) is 18.9. The van der Waals surface area contributed by atoms with Crippen molar-refractivity contribution in [1.29, 1.82) is 0 Å². The fraction of sp³-hybridized carbons (Fsp3) is 0.450. The topological polar surface area (TPSA) is 75.2 Å². The van der Waals surface area contributed by atoms with E-state index in [1.807, 2.05) is 11.8 Å². The van der Waals surface area contributed by atoms with E-state index in [1.54, 1.807) is 11.4 Å². The molecule has 148 valence electrons. The Morgan fingerprint density at radius 1 is 1.29 bits per heavy atom. The van der Waals surface area contributed by atoms with Gasteiger partial charge in [0.1, 0.15) is 4.88 Å². The highest BCUT2D eigenvalue weighted by molar-refractivity contribution is 7.17. The minimum absolute atomic E-state index is 0.00622. The van der Waals surface area contributed by atoms with E-state index in [1.165, 1.54) is 21.8 Å². The molecule has 0 saturated carbocycles. The van der Waals surface area contributed by atoms with Gasteiger partial charge in [-0.25, -0.2) is 4.98 Å². The summed E-state index contributed by atoms with van der Waals surface area (Å²) in [6.07, 6.45) is 0.739. The zero-order valence-electron chi connectivity index (χ0n) is 16.5. The lowest BCUT2D eigenvalue weighted by Crippen LogP contribution is -3.15. The van der Waals surface area contributed by atoms with E-state index in [0.29, 0.717) is 0 Å². The number of nitrogens with one attached hydrogen (secondary N) is 1. The lowest BCUT2D eigenvalue weighted by atomic mass is 10.0. The van der Waals surface area contributed by atoms with Crippen LogP contribution in [-0.4, -0.2) is 56.7 Å². The van der Waals surface area contributed by atoms with Crippen molar-refractivity contribution in [2.24, 2.45) is 0 Å². The highest BCUT2D eigenvalue weighted by atomic mass is 32.1.